The Balaban J connectivity index is 1.70. The lowest BCUT2D eigenvalue weighted by Gasteiger charge is -2.13. The minimum Gasteiger partial charge on any atom is -0.307 e. The Labute approximate surface area is 121 Å². The Morgan fingerprint density at radius 2 is 2.05 bits per heavy atom. The summed E-state index contributed by atoms with van der Waals surface area (Å²) in [6, 6.07) is 9.66. The van der Waals surface area contributed by atoms with Gasteiger partial charge in [-0.1, -0.05) is 12.1 Å². The van der Waals surface area contributed by atoms with Gasteiger partial charge in [-0.15, -0.1) is 0 Å². The van der Waals surface area contributed by atoms with Gasteiger partial charge in [0.2, 0.25) is 0 Å². The first-order valence-electron chi connectivity index (χ1n) is 6.74. The molecule has 0 radical (unpaired) electrons. The quantitative estimate of drug-likeness (QED) is 0.796. The molecule has 5 heteroatoms. The van der Waals surface area contributed by atoms with Crippen LogP contribution < -0.4 is 5.32 Å². The molecule has 21 heavy (non-hydrogen) atoms. The summed E-state index contributed by atoms with van der Waals surface area (Å²) in [5.41, 5.74) is 2.49. The number of nitrogens with one attached hydrogen (secondary N) is 1. The van der Waals surface area contributed by atoms with Gasteiger partial charge in [-0.2, -0.15) is 0 Å². The number of aromatic nitrogens is 2. The number of hydrogen-bond donors (Lipinski definition) is 1. The average Bonchev–Trinajstić information content (AvgIpc) is 2.90. The van der Waals surface area contributed by atoms with Crippen LogP contribution in [0, 0.1) is 11.6 Å². The van der Waals surface area contributed by atoms with E-state index in [0.717, 1.165) is 17.4 Å². The van der Waals surface area contributed by atoms with E-state index in [1.807, 2.05) is 41.9 Å². The third kappa shape index (κ3) is 2.92. The van der Waals surface area contributed by atoms with Crippen molar-refractivity contribution in [2.45, 2.75) is 19.5 Å². The second kappa shape index (κ2) is 5.61. The molecule has 3 aromatic rings. The summed E-state index contributed by atoms with van der Waals surface area (Å²) in [6.07, 6.45) is 3.88. The summed E-state index contributed by atoms with van der Waals surface area (Å²) in [5, 5.41) is 3.26. The topological polar surface area (TPSA) is 29.3 Å². The van der Waals surface area contributed by atoms with Gasteiger partial charge in [0.15, 0.2) is 11.6 Å². The van der Waals surface area contributed by atoms with Crippen LogP contribution in [0.15, 0.2) is 48.8 Å². The van der Waals surface area contributed by atoms with Crippen LogP contribution >= 0.6 is 0 Å². The van der Waals surface area contributed by atoms with Gasteiger partial charge in [0.05, 0.1) is 5.69 Å². The summed E-state index contributed by atoms with van der Waals surface area (Å²) in [4.78, 5) is 4.48. The largest absolute Gasteiger partial charge is 0.307 e. The Hall–Kier alpha value is -2.27. The number of imidazole rings is 1. The predicted molar refractivity (Wildman–Crippen MR) is 76.8 cm³/mol. The number of fused-ring (bicyclic) bond motifs is 1. The molecular weight excluding hydrogens is 272 g/mol. The summed E-state index contributed by atoms with van der Waals surface area (Å²) in [7, 11) is 0. The highest BCUT2D eigenvalue weighted by atomic mass is 19.2. The molecule has 0 spiro atoms. The van der Waals surface area contributed by atoms with Crippen molar-refractivity contribution in [2.24, 2.45) is 0 Å². The van der Waals surface area contributed by atoms with Crippen molar-refractivity contribution < 1.29 is 8.78 Å². The fourth-order valence-corrected chi connectivity index (χ4v) is 2.23. The Bertz CT molecular complexity index is 734. The summed E-state index contributed by atoms with van der Waals surface area (Å²) < 4.78 is 28.1. The zero-order chi connectivity index (χ0) is 14.8. The maximum absolute atomic E-state index is 13.2. The highest BCUT2D eigenvalue weighted by molar-refractivity contribution is 5.39. The van der Waals surface area contributed by atoms with E-state index in [1.54, 1.807) is 6.07 Å². The van der Waals surface area contributed by atoms with Gasteiger partial charge in [0, 0.05) is 25.0 Å². The van der Waals surface area contributed by atoms with E-state index in [-0.39, 0.29) is 6.04 Å². The molecule has 1 unspecified atom stereocenters. The SMILES string of the molecule is CC(NCc1cn2ccccc2n1)c1ccc(F)c(F)c1. The standard InChI is InChI=1S/C16H15F2N3/c1-11(12-5-6-14(17)15(18)8-12)19-9-13-10-21-7-3-2-4-16(21)20-13/h2-8,10-11,19H,9H2,1H3. The van der Waals surface area contributed by atoms with E-state index in [1.165, 1.54) is 6.07 Å². The van der Waals surface area contributed by atoms with Crippen LogP contribution in [0.5, 0.6) is 0 Å². The second-order valence-corrected chi connectivity index (χ2v) is 4.97. The zero-order valence-corrected chi connectivity index (χ0v) is 11.6. The van der Waals surface area contributed by atoms with Crippen LogP contribution in [0.2, 0.25) is 0 Å². The van der Waals surface area contributed by atoms with Crippen molar-refractivity contribution in [3.8, 4) is 0 Å². The van der Waals surface area contributed by atoms with E-state index in [4.69, 9.17) is 0 Å². The molecule has 2 aromatic heterocycles. The molecule has 3 rings (SSSR count). The van der Waals surface area contributed by atoms with Gasteiger partial charge in [0.1, 0.15) is 5.65 Å². The van der Waals surface area contributed by atoms with E-state index < -0.39 is 11.6 Å². The minimum absolute atomic E-state index is 0.0927. The average molecular weight is 287 g/mol. The molecule has 3 nitrogen and oxygen atoms in total. The molecule has 1 N–H and O–H groups in total. The summed E-state index contributed by atoms with van der Waals surface area (Å²) in [5.74, 6) is -1.65. The van der Waals surface area contributed by atoms with Crippen LogP contribution in [-0.2, 0) is 6.54 Å². The Morgan fingerprint density at radius 1 is 1.19 bits per heavy atom. The van der Waals surface area contributed by atoms with Crippen molar-refractivity contribution in [3.63, 3.8) is 0 Å². The maximum Gasteiger partial charge on any atom is 0.159 e. The first-order chi connectivity index (χ1) is 10.1. The molecule has 1 atom stereocenters. The minimum atomic E-state index is -0.827. The van der Waals surface area contributed by atoms with Crippen molar-refractivity contribution in [2.75, 3.05) is 0 Å². The van der Waals surface area contributed by atoms with Gasteiger partial charge in [-0.05, 0) is 36.8 Å². The molecule has 0 bridgehead atoms. The molecule has 1 aromatic carbocycles. The highest BCUT2D eigenvalue weighted by Crippen LogP contribution is 2.16. The molecule has 0 saturated heterocycles. The molecule has 2 heterocycles. The predicted octanol–water partition coefficient (Wildman–Crippen LogP) is 3.46. The van der Waals surface area contributed by atoms with Crippen LogP contribution in [-0.4, -0.2) is 9.38 Å². The van der Waals surface area contributed by atoms with Crippen molar-refractivity contribution in [1.82, 2.24) is 14.7 Å². The number of hydrogen-bond acceptors (Lipinski definition) is 2. The Morgan fingerprint density at radius 3 is 2.81 bits per heavy atom. The molecule has 0 aliphatic carbocycles. The molecule has 0 saturated carbocycles. The van der Waals surface area contributed by atoms with E-state index >= 15 is 0 Å². The molecule has 108 valence electrons. The third-order valence-electron chi connectivity index (χ3n) is 3.45. The van der Waals surface area contributed by atoms with Gasteiger partial charge in [-0.25, -0.2) is 13.8 Å². The van der Waals surface area contributed by atoms with Crippen molar-refractivity contribution in [3.05, 3.63) is 71.7 Å². The lowest BCUT2D eigenvalue weighted by Crippen LogP contribution is -2.18. The lowest BCUT2D eigenvalue weighted by molar-refractivity contribution is 0.500. The fraction of sp³-hybridized carbons (Fsp3) is 0.188. The lowest BCUT2D eigenvalue weighted by atomic mass is 10.1. The third-order valence-corrected chi connectivity index (χ3v) is 3.45. The number of benzene rings is 1. The first-order valence-corrected chi connectivity index (χ1v) is 6.74. The van der Waals surface area contributed by atoms with Crippen LogP contribution in [0.3, 0.4) is 0 Å². The van der Waals surface area contributed by atoms with Crippen LogP contribution in [0.25, 0.3) is 5.65 Å². The van der Waals surface area contributed by atoms with E-state index in [0.29, 0.717) is 12.1 Å². The molecular formula is C16H15F2N3. The van der Waals surface area contributed by atoms with Crippen LogP contribution in [0.1, 0.15) is 24.2 Å². The monoisotopic (exact) mass is 287 g/mol. The summed E-state index contributed by atoms with van der Waals surface area (Å²) in [6.45, 7) is 2.46. The number of nitrogens with zero attached hydrogens (tertiary/aromatic N) is 2. The normalized spacial score (nSPS) is 12.7. The van der Waals surface area contributed by atoms with E-state index in [9.17, 15) is 8.78 Å². The van der Waals surface area contributed by atoms with Gasteiger partial charge >= 0.3 is 0 Å². The molecule has 0 fully saturated rings. The molecule has 0 amide bonds. The van der Waals surface area contributed by atoms with Gasteiger partial charge in [0.25, 0.3) is 0 Å². The fourth-order valence-electron chi connectivity index (χ4n) is 2.23. The number of rotatable bonds is 4. The van der Waals surface area contributed by atoms with Gasteiger partial charge < -0.3 is 9.72 Å². The number of pyridine rings is 1. The highest BCUT2D eigenvalue weighted by Gasteiger charge is 2.09. The molecule has 0 aliphatic rings. The zero-order valence-electron chi connectivity index (χ0n) is 11.6. The first kappa shape index (κ1) is 13.7. The van der Waals surface area contributed by atoms with Gasteiger partial charge in [-0.3, -0.25) is 0 Å². The maximum atomic E-state index is 13.2. The van der Waals surface area contributed by atoms with E-state index in [2.05, 4.69) is 10.3 Å². The van der Waals surface area contributed by atoms with Crippen molar-refractivity contribution in [1.29, 1.82) is 0 Å². The van der Waals surface area contributed by atoms with Crippen molar-refractivity contribution >= 4 is 5.65 Å². The van der Waals surface area contributed by atoms with Crippen LogP contribution in [0.4, 0.5) is 8.78 Å². The number of halogens is 2. The summed E-state index contributed by atoms with van der Waals surface area (Å²) >= 11 is 0. The smallest absolute Gasteiger partial charge is 0.159 e. The molecule has 0 aliphatic heterocycles. The Kier molecular flexibility index (Phi) is 3.66. The second-order valence-electron chi connectivity index (χ2n) is 4.97.